The van der Waals surface area contributed by atoms with Gasteiger partial charge in [-0.1, -0.05) is 31.2 Å². The topological polar surface area (TPSA) is 17.1 Å². The molecule has 0 amide bonds. The molecule has 62 valence electrons. The van der Waals surface area contributed by atoms with Crippen LogP contribution in [0.25, 0.3) is 0 Å². The first-order valence-electron chi connectivity index (χ1n) is 4.43. The molecule has 1 unspecified atom stereocenters. The summed E-state index contributed by atoms with van der Waals surface area (Å²) < 4.78 is 0. The predicted molar refractivity (Wildman–Crippen MR) is 48.2 cm³/mol. The Kier molecular flexibility index (Phi) is 1.72. The van der Waals surface area contributed by atoms with Crippen LogP contribution in [0.3, 0.4) is 0 Å². The lowest BCUT2D eigenvalue weighted by molar-refractivity contribution is -0.120. The molecule has 1 heteroatoms. The van der Waals surface area contributed by atoms with Crippen LogP contribution in [0.4, 0.5) is 0 Å². The largest absolute Gasteiger partial charge is 0.299 e. The van der Waals surface area contributed by atoms with E-state index in [-0.39, 0.29) is 5.92 Å². The molecule has 0 aromatic heterocycles. The zero-order valence-electron chi connectivity index (χ0n) is 7.21. The number of carbonyl (C=O) groups is 1. The Labute approximate surface area is 72.4 Å². The van der Waals surface area contributed by atoms with Crippen molar-refractivity contribution in [1.82, 2.24) is 0 Å². The fraction of sp³-hybridized carbons (Fsp3) is 0.364. The molecule has 0 bridgehead atoms. The van der Waals surface area contributed by atoms with Gasteiger partial charge in [0.05, 0.1) is 0 Å². The summed E-state index contributed by atoms with van der Waals surface area (Å²) in [6.45, 7) is 1.93. The first-order chi connectivity index (χ1) is 5.83. The van der Waals surface area contributed by atoms with Gasteiger partial charge in [0.25, 0.3) is 0 Å². The highest BCUT2D eigenvalue weighted by Crippen LogP contribution is 2.35. The second-order valence-corrected chi connectivity index (χ2v) is 3.28. The maximum atomic E-state index is 11.4. The number of carbonyl (C=O) groups excluding carboxylic acids is 1. The van der Waals surface area contributed by atoms with Crippen molar-refractivity contribution in [2.75, 3.05) is 0 Å². The molecule has 0 fully saturated rings. The van der Waals surface area contributed by atoms with Gasteiger partial charge >= 0.3 is 0 Å². The second kappa shape index (κ2) is 2.74. The van der Waals surface area contributed by atoms with Crippen LogP contribution in [0.2, 0.25) is 0 Å². The Bertz CT molecular complexity index is 315. The maximum absolute atomic E-state index is 11.4. The minimum absolute atomic E-state index is 0.214. The van der Waals surface area contributed by atoms with Gasteiger partial charge in [-0.2, -0.15) is 0 Å². The third-order valence-electron chi connectivity index (χ3n) is 2.59. The number of benzene rings is 1. The molecule has 0 radical (unpaired) electrons. The van der Waals surface area contributed by atoms with E-state index in [1.165, 1.54) is 11.1 Å². The van der Waals surface area contributed by atoms with E-state index in [1.807, 2.05) is 19.1 Å². The van der Waals surface area contributed by atoms with Crippen LogP contribution < -0.4 is 0 Å². The minimum Gasteiger partial charge on any atom is -0.299 e. The van der Waals surface area contributed by atoms with Gasteiger partial charge in [-0.3, -0.25) is 4.79 Å². The van der Waals surface area contributed by atoms with Gasteiger partial charge in [0.1, 0.15) is 5.78 Å². The van der Waals surface area contributed by atoms with E-state index < -0.39 is 0 Å². The molecule has 12 heavy (non-hydrogen) atoms. The van der Waals surface area contributed by atoms with Gasteiger partial charge in [0.2, 0.25) is 0 Å². The molecule has 0 heterocycles. The van der Waals surface area contributed by atoms with Gasteiger partial charge in [0, 0.05) is 12.3 Å². The van der Waals surface area contributed by atoms with E-state index in [0.717, 1.165) is 6.42 Å². The normalized spacial score (nSPS) is 19.6. The summed E-state index contributed by atoms with van der Waals surface area (Å²) in [6.07, 6.45) is 1.63. The third-order valence-corrected chi connectivity index (χ3v) is 2.59. The highest BCUT2D eigenvalue weighted by Gasteiger charge is 2.29. The standard InChI is InChI=1S/C11H12O/c1-2-11(12)10-7-8-5-3-4-6-9(8)10/h3-6,10H,2,7H2,1H3. The van der Waals surface area contributed by atoms with E-state index >= 15 is 0 Å². The van der Waals surface area contributed by atoms with Gasteiger partial charge in [-0.15, -0.1) is 0 Å². The molecule has 1 atom stereocenters. The van der Waals surface area contributed by atoms with Crippen molar-refractivity contribution in [3.8, 4) is 0 Å². The van der Waals surface area contributed by atoms with Gasteiger partial charge < -0.3 is 0 Å². The average molecular weight is 160 g/mol. The van der Waals surface area contributed by atoms with Crippen LogP contribution in [0.15, 0.2) is 24.3 Å². The van der Waals surface area contributed by atoms with E-state index in [0.29, 0.717) is 12.2 Å². The summed E-state index contributed by atoms with van der Waals surface area (Å²) in [5.74, 6) is 0.597. The van der Waals surface area contributed by atoms with Crippen molar-refractivity contribution < 1.29 is 4.79 Å². The molecule has 2 rings (SSSR count). The molecular weight excluding hydrogens is 148 g/mol. The van der Waals surface area contributed by atoms with Crippen molar-refractivity contribution >= 4 is 5.78 Å². The Hall–Kier alpha value is -1.11. The fourth-order valence-corrected chi connectivity index (χ4v) is 1.79. The molecule has 1 aromatic carbocycles. The van der Waals surface area contributed by atoms with Crippen LogP contribution in [-0.2, 0) is 11.2 Å². The first-order valence-corrected chi connectivity index (χ1v) is 4.43. The van der Waals surface area contributed by atoms with Crippen LogP contribution >= 0.6 is 0 Å². The molecule has 0 saturated carbocycles. The lowest BCUT2D eigenvalue weighted by Gasteiger charge is -2.28. The van der Waals surface area contributed by atoms with Crippen molar-refractivity contribution in [3.05, 3.63) is 35.4 Å². The molecular formula is C11H12O. The van der Waals surface area contributed by atoms with E-state index in [1.54, 1.807) is 0 Å². The predicted octanol–water partition coefficient (Wildman–Crippen LogP) is 2.31. The molecule has 1 nitrogen and oxygen atoms in total. The Morgan fingerprint density at radius 3 is 2.92 bits per heavy atom. The van der Waals surface area contributed by atoms with E-state index in [4.69, 9.17) is 0 Å². The molecule has 1 aliphatic carbocycles. The Morgan fingerprint density at radius 2 is 2.25 bits per heavy atom. The van der Waals surface area contributed by atoms with Crippen LogP contribution in [0.5, 0.6) is 0 Å². The van der Waals surface area contributed by atoms with Crippen molar-refractivity contribution in [1.29, 1.82) is 0 Å². The van der Waals surface area contributed by atoms with Crippen LogP contribution in [-0.4, -0.2) is 5.78 Å². The van der Waals surface area contributed by atoms with E-state index in [9.17, 15) is 4.79 Å². The summed E-state index contributed by atoms with van der Waals surface area (Å²) in [7, 11) is 0. The molecule has 1 aromatic rings. The van der Waals surface area contributed by atoms with Gasteiger partial charge in [0.15, 0.2) is 0 Å². The molecule has 0 N–H and O–H groups in total. The van der Waals surface area contributed by atoms with Crippen LogP contribution in [0.1, 0.15) is 30.4 Å². The zero-order chi connectivity index (χ0) is 8.55. The fourth-order valence-electron chi connectivity index (χ4n) is 1.79. The summed E-state index contributed by atoms with van der Waals surface area (Å²) in [5, 5.41) is 0. The molecule has 0 aliphatic heterocycles. The van der Waals surface area contributed by atoms with Gasteiger partial charge in [-0.05, 0) is 17.5 Å². The third kappa shape index (κ3) is 0.970. The number of hydrogen-bond donors (Lipinski definition) is 0. The van der Waals surface area contributed by atoms with Crippen molar-refractivity contribution in [3.63, 3.8) is 0 Å². The Balaban J connectivity index is 2.25. The zero-order valence-corrected chi connectivity index (χ0v) is 7.21. The SMILES string of the molecule is CCC(=O)C1Cc2ccccc21. The van der Waals surface area contributed by atoms with Crippen molar-refractivity contribution in [2.45, 2.75) is 25.7 Å². The first kappa shape index (κ1) is 7.53. The minimum atomic E-state index is 0.214. The van der Waals surface area contributed by atoms with Crippen LogP contribution in [0, 0.1) is 0 Å². The van der Waals surface area contributed by atoms with Crippen molar-refractivity contribution in [2.24, 2.45) is 0 Å². The highest BCUT2D eigenvalue weighted by molar-refractivity contribution is 5.88. The summed E-state index contributed by atoms with van der Waals surface area (Å²) in [4.78, 5) is 11.4. The van der Waals surface area contributed by atoms with Gasteiger partial charge in [-0.25, -0.2) is 0 Å². The highest BCUT2D eigenvalue weighted by atomic mass is 16.1. The molecule has 0 saturated heterocycles. The lowest BCUT2D eigenvalue weighted by atomic mass is 9.75. The second-order valence-electron chi connectivity index (χ2n) is 3.28. The maximum Gasteiger partial charge on any atom is 0.140 e. The number of hydrogen-bond acceptors (Lipinski definition) is 1. The Morgan fingerprint density at radius 1 is 1.50 bits per heavy atom. The molecule has 0 spiro atoms. The smallest absolute Gasteiger partial charge is 0.140 e. The molecule has 1 aliphatic rings. The number of ketones is 1. The summed E-state index contributed by atoms with van der Waals surface area (Å²) in [5.41, 5.74) is 2.61. The summed E-state index contributed by atoms with van der Waals surface area (Å²) in [6, 6.07) is 8.21. The van der Waals surface area contributed by atoms with E-state index in [2.05, 4.69) is 12.1 Å². The number of Topliss-reactive ketones (excluding diaryl/α,β-unsaturated/α-hetero) is 1. The quantitative estimate of drug-likeness (QED) is 0.648. The number of rotatable bonds is 2. The summed E-state index contributed by atoms with van der Waals surface area (Å²) >= 11 is 0. The monoisotopic (exact) mass is 160 g/mol. The average Bonchev–Trinajstić information content (AvgIpc) is 2.07. The number of fused-ring (bicyclic) bond motifs is 1. The lowest BCUT2D eigenvalue weighted by Crippen LogP contribution is -2.24.